The molecule has 6 heteroatoms. The zero-order chi connectivity index (χ0) is 22.7. The third-order valence-corrected chi connectivity index (χ3v) is 5.57. The van der Waals surface area contributed by atoms with Gasteiger partial charge in [-0.05, 0) is 54.4 Å². The summed E-state index contributed by atoms with van der Waals surface area (Å²) in [6.45, 7) is 2.08. The largest absolute Gasteiger partial charge is 0.497 e. The molecule has 0 aliphatic carbocycles. The average molecular weight is 447 g/mol. The van der Waals surface area contributed by atoms with Crippen LogP contribution in [0.5, 0.6) is 11.5 Å². The quantitative estimate of drug-likeness (QED) is 0.373. The van der Waals surface area contributed by atoms with E-state index >= 15 is 0 Å². The number of nitrogens with zero attached hydrogens (tertiary/aromatic N) is 1. The van der Waals surface area contributed by atoms with E-state index in [4.69, 9.17) is 26.1 Å². The van der Waals surface area contributed by atoms with Gasteiger partial charge in [-0.3, -0.25) is 4.79 Å². The predicted molar refractivity (Wildman–Crippen MR) is 129 cm³/mol. The Balaban J connectivity index is 1.84. The summed E-state index contributed by atoms with van der Waals surface area (Å²) in [7, 11) is 3.14. The minimum Gasteiger partial charge on any atom is -0.497 e. The van der Waals surface area contributed by atoms with Crippen molar-refractivity contribution < 1.29 is 14.3 Å². The van der Waals surface area contributed by atoms with E-state index in [1.807, 2.05) is 48.5 Å². The lowest BCUT2D eigenvalue weighted by atomic mass is 10.0. The lowest BCUT2D eigenvalue weighted by Gasteiger charge is -2.14. The van der Waals surface area contributed by atoms with Crippen molar-refractivity contribution in [2.75, 3.05) is 19.5 Å². The minimum atomic E-state index is -0.257. The highest BCUT2D eigenvalue weighted by atomic mass is 35.5. The highest BCUT2D eigenvalue weighted by Gasteiger charge is 2.17. The second kappa shape index (κ2) is 9.28. The van der Waals surface area contributed by atoms with E-state index < -0.39 is 0 Å². The molecular weight excluding hydrogens is 424 g/mol. The first-order valence-electron chi connectivity index (χ1n) is 10.3. The molecule has 0 aliphatic heterocycles. The number of hydrogen-bond acceptors (Lipinski definition) is 4. The highest BCUT2D eigenvalue weighted by molar-refractivity contribution is 6.30. The Labute approximate surface area is 192 Å². The Morgan fingerprint density at radius 2 is 1.75 bits per heavy atom. The van der Waals surface area contributed by atoms with Crippen LogP contribution in [0.2, 0.25) is 5.02 Å². The number of pyridine rings is 1. The van der Waals surface area contributed by atoms with Crippen LogP contribution in [0.25, 0.3) is 22.2 Å². The van der Waals surface area contributed by atoms with E-state index in [9.17, 15) is 4.79 Å². The lowest BCUT2D eigenvalue weighted by Crippen LogP contribution is -2.14. The maximum atomic E-state index is 13.5. The fourth-order valence-corrected chi connectivity index (χ4v) is 3.68. The molecule has 4 rings (SSSR count). The van der Waals surface area contributed by atoms with Gasteiger partial charge in [-0.25, -0.2) is 4.98 Å². The lowest BCUT2D eigenvalue weighted by molar-refractivity contribution is 0.102. The maximum Gasteiger partial charge on any atom is 0.256 e. The first-order valence-corrected chi connectivity index (χ1v) is 10.6. The van der Waals surface area contributed by atoms with E-state index in [1.54, 1.807) is 32.4 Å². The summed E-state index contributed by atoms with van der Waals surface area (Å²) in [6, 6.07) is 20.5. The Kier molecular flexibility index (Phi) is 6.28. The van der Waals surface area contributed by atoms with Crippen molar-refractivity contribution in [1.29, 1.82) is 0 Å². The van der Waals surface area contributed by atoms with Crippen molar-refractivity contribution >= 4 is 34.1 Å². The predicted octanol–water partition coefficient (Wildman–Crippen LogP) is 6.39. The Hall–Kier alpha value is -3.57. The summed E-state index contributed by atoms with van der Waals surface area (Å²) in [5, 5.41) is 4.41. The summed E-state index contributed by atoms with van der Waals surface area (Å²) in [5.74, 6) is 0.910. The molecule has 3 aromatic carbocycles. The number of ether oxygens (including phenoxy) is 2. The van der Waals surface area contributed by atoms with Crippen LogP contribution < -0.4 is 14.8 Å². The van der Waals surface area contributed by atoms with Crippen molar-refractivity contribution in [1.82, 2.24) is 4.98 Å². The Morgan fingerprint density at radius 1 is 0.969 bits per heavy atom. The number of hydrogen-bond donors (Lipinski definition) is 1. The normalized spacial score (nSPS) is 10.8. The van der Waals surface area contributed by atoms with Gasteiger partial charge in [-0.1, -0.05) is 36.7 Å². The van der Waals surface area contributed by atoms with Gasteiger partial charge in [0.05, 0.1) is 36.7 Å². The van der Waals surface area contributed by atoms with Crippen LogP contribution in [-0.4, -0.2) is 25.1 Å². The number of benzene rings is 3. The van der Waals surface area contributed by atoms with Gasteiger partial charge in [0.25, 0.3) is 5.91 Å². The third-order valence-electron chi connectivity index (χ3n) is 5.32. The van der Waals surface area contributed by atoms with Crippen LogP contribution in [-0.2, 0) is 6.42 Å². The number of carbonyl (C=O) groups is 1. The van der Waals surface area contributed by atoms with Crippen molar-refractivity contribution in [2.24, 2.45) is 0 Å². The van der Waals surface area contributed by atoms with Crippen molar-refractivity contribution in [3.05, 3.63) is 82.9 Å². The SMILES string of the molecule is CCc1ccc2nc(-c3ccc(Cl)cc3)cc(C(=O)Nc3cc(OC)ccc3OC)c2c1. The van der Waals surface area contributed by atoms with E-state index in [1.165, 1.54) is 0 Å². The molecule has 0 atom stereocenters. The fraction of sp³-hybridized carbons (Fsp3) is 0.154. The molecule has 0 saturated carbocycles. The van der Waals surface area contributed by atoms with Gasteiger partial charge in [-0.15, -0.1) is 0 Å². The molecule has 0 aliphatic rings. The molecule has 4 aromatic rings. The molecule has 0 unspecified atom stereocenters. The van der Waals surface area contributed by atoms with Gasteiger partial charge in [-0.2, -0.15) is 0 Å². The van der Waals surface area contributed by atoms with Gasteiger partial charge in [0.15, 0.2) is 0 Å². The molecule has 0 bridgehead atoms. The molecule has 1 N–H and O–H groups in total. The summed E-state index contributed by atoms with van der Waals surface area (Å²) >= 11 is 6.05. The van der Waals surface area contributed by atoms with Gasteiger partial charge >= 0.3 is 0 Å². The average Bonchev–Trinajstić information content (AvgIpc) is 2.83. The second-order valence-electron chi connectivity index (χ2n) is 7.29. The highest BCUT2D eigenvalue weighted by Crippen LogP contribution is 2.31. The summed E-state index contributed by atoms with van der Waals surface area (Å²) in [6.07, 6.45) is 0.861. The number of amides is 1. The Bertz CT molecular complexity index is 1290. The van der Waals surface area contributed by atoms with Gasteiger partial charge in [0.2, 0.25) is 0 Å². The number of rotatable bonds is 6. The van der Waals surface area contributed by atoms with Crippen LogP contribution in [0, 0.1) is 0 Å². The number of nitrogens with one attached hydrogen (secondary N) is 1. The monoisotopic (exact) mass is 446 g/mol. The minimum absolute atomic E-state index is 0.257. The zero-order valence-electron chi connectivity index (χ0n) is 18.1. The molecule has 1 amide bonds. The fourth-order valence-electron chi connectivity index (χ4n) is 3.55. The van der Waals surface area contributed by atoms with E-state index in [-0.39, 0.29) is 5.91 Å². The number of anilines is 1. The van der Waals surface area contributed by atoms with Crippen LogP contribution in [0.3, 0.4) is 0 Å². The number of aryl methyl sites for hydroxylation is 1. The van der Waals surface area contributed by atoms with Gasteiger partial charge in [0.1, 0.15) is 11.5 Å². The molecule has 0 radical (unpaired) electrons. The Morgan fingerprint density at radius 3 is 2.44 bits per heavy atom. The summed E-state index contributed by atoms with van der Waals surface area (Å²) < 4.78 is 10.7. The summed E-state index contributed by atoms with van der Waals surface area (Å²) in [5.41, 5.74) is 4.51. The number of carbonyl (C=O) groups excluding carboxylic acids is 1. The van der Waals surface area contributed by atoms with Crippen LogP contribution >= 0.6 is 11.6 Å². The first-order chi connectivity index (χ1) is 15.5. The van der Waals surface area contributed by atoms with Crippen molar-refractivity contribution in [3.63, 3.8) is 0 Å². The molecule has 32 heavy (non-hydrogen) atoms. The van der Waals surface area contributed by atoms with Crippen molar-refractivity contribution in [3.8, 4) is 22.8 Å². The smallest absolute Gasteiger partial charge is 0.256 e. The number of halogens is 1. The van der Waals surface area contributed by atoms with Gasteiger partial charge in [0, 0.05) is 22.0 Å². The van der Waals surface area contributed by atoms with E-state index in [0.29, 0.717) is 33.5 Å². The zero-order valence-corrected chi connectivity index (χ0v) is 18.9. The first kappa shape index (κ1) is 21.7. The van der Waals surface area contributed by atoms with Crippen molar-refractivity contribution in [2.45, 2.75) is 13.3 Å². The number of fused-ring (bicyclic) bond motifs is 1. The topological polar surface area (TPSA) is 60.5 Å². The molecule has 0 spiro atoms. The number of methoxy groups -OCH3 is 2. The molecular formula is C26H23ClN2O3. The molecule has 5 nitrogen and oxygen atoms in total. The maximum absolute atomic E-state index is 13.5. The van der Waals surface area contributed by atoms with Crippen LogP contribution in [0.15, 0.2) is 66.7 Å². The van der Waals surface area contributed by atoms with Gasteiger partial charge < -0.3 is 14.8 Å². The standard InChI is InChI=1S/C26H23ClN2O3/c1-4-16-5-11-22-20(13-16)21(15-23(28-22)17-6-8-18(27)9-7-17)26(30)29-24-14-19(31-2)10-12-25(24)32-3/h5-15H,4H2,1-3H3,(H,29,30). The molecule has 1 aromatic heterocycles. The number of aromatic nitrogens is 1. The van der Waals surface area contributed by atoms with Crippen LogP contribution in [0.4, 0.5) is 5.69 Å². The van der Waals surface area contributed by atoms with E-state index in [2.05, 4.69) is 12.2 Å². The summed E-state index contributed by atoms with van der Waals surface area (Å²) in [4.78, 5) is 18.3. The molecule has 0 saturated heterocycles. The molecule has 1 heterocycles. The molecule has 0 fully saturated rings. The third kappa shape index (κ3) is 4.39. The van der Waals surface area contributed by atoms with Crippen LogP contribution in [0.1, 0.15) is 22.8 Å². The second-order valence-corrected chi connectivity index (χ2v) is 7.72. The van der Waals surface area contributed by atoms with E-state index in [0.717, 1.165) is 28.5 Å². The molecule has 162 valence electrons.